The number of fused-ring (bicyclic) bond motifs is 1. The van der Waals surface area contributed by atoms with Gasteiger partial charge in [0.15, 0.2) is 5.03 Å². The van der Waals surface area contributed by atoms with Gasteiger partial charge in [-0.2, -0.15) is 5.10 Å². The Balaban J connectivity index is 1.76. The number of H-pyrrole nitrogens is 1. The number of nitrogens with one attached hydrogen (secondary N) is 2. The van der Waals surface area contributed by atoms with Crippen molar-refractivity contribution < 1.29 is 18.3 Å². The van der Waals surface area contributed by atoms with Crippen LogP contribution in [0.5, 0.6) is 0 Å². The van der Waals surface area contributed by atoms with E-state index in [4.69, 9.17) is 5.11 Å². The summed E-state index contributed by atoms with van der Waals surface area (Å²) in [5.74, 6) is -1.33. The van der Waals surface area contributed by atoms with E-state index in [-0.39, 0.29) is 12.1 Å². The first-order valence-corrected chi connectivity index (χ1v) is 8.64. The molecule has 7 nitrogen and oxygen atoms in total. The van der Waals surface area contributed by atoms with Crippen molar-refractivity contribution in [2.24, 2.45) is 0 Å². The smallest absolute Gasteiger partial charge is 0.340 e. The van der Waals surface area contributed by atoms with Gasteiger partial charge in [0.1, 0.15) is 5.56 Å². The molecule has 2 heterocycles. The van der Waals surface area contributed by atoms with Crippen molar-refractivity contribution in [1.82, 2.24) is 14.9 Å². The van der Waals surface area contributed by atoms with E-state index in [2.05, 4.69) is 14.9 Å². The van der Waals surface area contributed by atoms with Crippen molar-refractivity contribution in [3.63, 3.8) is 0 Å². The van der Waals surface area contributed by atoms with Gasteiger partial charge in [-0.3, -0.25) is 5.10 Å². The molecular formula is C12H13N3O4S2. The van der Waals surface area contributed by atoms with E-state index >= 15 is 0 Å². The lowest BCUT2D eigenvalue weighted by Crippen LogP contribution is -2.25. The minimum absolute atomic E-state index is 0.151. The summed E-state index contributed by atoms with van der Waals surface area (Å²) in [6.45, 7) is 0.151. The lowest BCUT2D eigenvalue weighted by molar-refractivity contribution is 0.0692. The summed E-state index contributed by atoms with van der Waals surface area (Å²) in [5.41, 5.74) is 0.929. The lowest BCUT2D eigenvalue weighted by atomic mass is 10.2. The number of hydrogen-bond donors (Lipinski definition) is 3. The number of thiophene rings is 1. The standard InChI is InChI=1S/C12H13N3O4S2/c16-12(17)9-6-13-15-11(9)21(18,19)14-5-8-4-7-2-1-3-10(7)20-8/h4,6,14H,1-3,5H2,(H,13,15)(H,16,17). The third kappa shape index (κ3) is 2.71. The van der Waals surface area contributed by atoms with Crippen LogP contribution in [-0.4, -0.2) is 29.7 Å². The van der Waals surface area contributed by atoms with Crippen molar-refractivity contribution in [2.45, 2.75) is 30.8 Å². The highest BCUT2D eigenvalue weighted by Gasteiger charge is 2.25. The van der Waals surface area contributed by atoms with Crippen LogP contribution in [0.3, 0.4) is 0 Å². The first-order valence-electron chi connectivity index (χ1n) is 6.34. The van der Waals surface area contributed by atoms with Crippen LogP contribution in [0.15, 0.2) is 17.3 Å². The Morgan fingerprint density at radius 1 is 1.48 bits per heavy atom. The van der Waals surface area contributed by atoms with Gasteiger partial charge >= 0.3 is 5.97 Å². The van der Waals surface area contributed by atoms with Gasteiger partial charge in [0.25, 0.3) is 10.0 Å². The van der Waals surface area contributed by atoms with Gasteiger partial charge in [-0.05, 0) is 30.9 Å². The number of aromatic carboxylic acids is 1. The van der Waals surface area contributed by atoms with Crippen LogP contribution in [0.25, 0.3) is 0 Å². The van der Waals surface area contributed by atoms with E-state index in [1.807, 2.05) is 6.07 Å². The zero-order valence-corrected chi connectivity index (χ0v) is 12.6. The molecule has 9 heteroatoms. The number of aryl methyl sites for hydroxylation is 2. The predicted molar refractivity (Wildman–Crippen MR) is 75.9 cm³/mol. The average molecular weight is 327 g/mol. The number of carbonyl (C=O) groups is 1. The molecule has 0 spiro atoms. The summed E-state index contributed by atoms with van der Waals surface area (Å²) in [5, 5.41) is 14.2. The Kier molecular flexibility index (Phi) is 3.56. The summed E-state index contributed by atoms with van der Waals surface area (Å²) in [6, 6.07) is 2.01. The lowest BCUT2D eigenvalue weighted by Gasteiger charge is -2.04. The van der Waals surface area contributed by atoms with Crippen LogP contribution >= 0.6 is 11.3 Å². The Morgan fingerprint density at radius 3 is 3.00 bits per heavy atom. The zero-order valence-electron chi connectivity index (χ0n) is 10.9. The Hall–Kier alpha value is -1.71. The average Bonchev–Trinajstić information content (AvgIpc) is 3.11. The molecule has 3 rings (SSSR count). The summed E-state index contributed by atoms with van der Waals surface area (Å²) in [7, 11) is -3.93. The maximum absolute atomic E-state index is 12.1. The molecule has 0 aromatic carbocycles. The second-order valence-corrected chi connectivity index (χ2v) is 7.68. The quantitative estimate of drug-likeness (QED) is 0.762. The SMILES string of the molecule is O=C(O)c1cn[nH]c1S(=O)(=O)NCc1cc2c(s1)CCC2. The van der Waals surface area contributed by atoms with Crippen molar-refractivity contribution in [3.8, 4) is 0 Å². The van der Waals surface area contributed by atoms with Crippen molar-refractivity contribution in [1.29, 1.82) is 0 Å². The molecule has 0 fully saturated rings. The van der Waals surface area contributed by atoms with Crippen molar-refractivity contribution in [3.05, 3.63) is 33.1 Å². The molecular weight excluding hydrogens is 314 g/mol. The van der Waals surface area contributed by atoms with Crippen LogP contribution in [0.4, 0.5) is 0 Å². The molecule has 2 aromatic rings. The summed E-state index contributed by atoms with van der Waals surface area (Å²) < 4.78 is 26.7. The van der Waals surface area contributed by atoms with E-state index in [1.165, 1.54) is 10.4 Å². The first kappa shape index (κ1) is 14.2. The number of carboxylic acids is 1. The fraction of sp³-hybridized carbons (Fsp3) is 0.333. The Morgan fingerprint density at radius 2 is 2.29 bits per heavy atom. The van der Waals surface area contributed by atoms with Gasteiger partial charge in [-0.1, -0.05) is 0 Å². The number of hydrogen-bond acceptors (Lipinski definition) is 5. The molecule has 21 heavy (non-hydrogen) atoms. The highest BCUT2D eigenvalue weighted by atomic mass is 32.2. The second-order valence-electron chi connectivity index (χ2n) is 4.76. The zero-order chi connectivity index (χ0) is 15.0. The molecule has 0 atom stereocenters. The molecule has 0 amide bonds. The van der Waals surface area contributed by atoms with Gasteiger partial charge in [0.2, 0.25) is 0 Å². The fourth-order valence-corrected chi connectivity index (χ4v) is 4.73. The van der Waals surface area contributed by atoms with Gasteiger partial charge in [0.05, 0.1) is 6.20 Å². The number of aromatic nitrogens is 2. The number of rotatable bonds is 5. The fourth-order valence-electron chi connectivity index (χ4n) is 2.35. The number of carboxylic acid groups (broad SMARTS) is 1. The third-order valence-corrected chi connectivity index (χ3v) is 5.95. The van der Waals surface area contributed by atoms with Crippen LogP contribution < -0.4 is 4.72 Å². The minimum atomic E-state index is -3.93. The topological polar surface area (TPSA) is 112 Å². The largest absolute Gasteiger partial charge is 0.478 e. The van der Waals surface area contributed by atoms with Crippen LogP contribution in [0, 0.1) is 0 Å². The van der Waals surface area contributed by atoms with Crippen LogP contribution in [-0.2, 0) is 29.4 Å². The Labute approximate surface area is 125 Å². The van der Waals surface area contributed by atoms with E-state index in [0.717, 1.165) is 30.3 Å². The van der Waals surface area contributed by atoms with Gasteiger partial charge in [-0.15, -0.1) is 11.3 Å². The molecule has 0 unspecified atom stereocenters. The van der Waals surface area contributed by atoms with Crippen LogP contribution in [0.2, 0.25) is 0 Å². The summed E-state index contributed by atoms with van der Waals surface area (Å²) in [6.07, 6.45) is 4.23. The van der Waals surface area contributed by atoms with Gasteiger partial charge in [0, 0.05) is 16.3 Å². The van der Waals surface area contributed by atoms with Crippen molar-refractivity contribution >= 4 is 27.3 Å². The molecule has 1 aliphatic rings. The highest BCUT2D eigenvalue weighted by molar-refractivity contribution is 7.89. The first-order chi connectivity index (χ1) is 9.97. The molecule has 112 valence electrons. The molecule has 0 saturated heterocycles. The number of aromatic amines is 1. The van der Waals surface area contributed by atoms with E-state index in [1.54, 1.807) is 11.3 Å². The van der Waals surface area contributed by atoms with Gasteiger partial charge < -0.3 is 5.11 Å². The maximum Gasteiger partial charge on any atom is 0.340 e. The van der Waals surface area contributed by atoms with Gasteiger partial charge in [-0.25, -0.2) is 17.9 Å². The molecule has 2 aromatic heterocycles. The second kappa shape index (κ2) is 5.24. The Bertz CT molecular complexity index is 770. The maximum atomic E-state index is 12.1. The van der Waals surface area contributed by atoms with Crippen LogP contribution in [0.1, 0.15) is 32.1 Å². The normalized spacial score (nSPS) is 14.3. The minimum Gasteiger partial charge on any atom is -0.478 e. The third-order valence-electron chi connectivity index (χ3n) is 3.34. The summed E-state index contributed by atoms with van der Waals surface area (Å²) >= 11 is 1.60. The molecule has 0 radical (unpaired) electrons. The van der Waals surface area contributed by atoms with E-state index < -0.39 is 21.0 Å². The monoisotopic (exact) mass is 327 g/mol. The highest BCUT2D eigenvalue weighted by Crippen LogP contribution is 2.30. The predicted octanol–water partition coefficient (Wildman–Crippen LogP) is 1.14. The number of sulfonamides is 1. The van der Waals surface area contributed by atoms with E-state index in [9.17, 15) is 13.2 Å². The number of nitrogens with zero attached hydrogens (tertiary/aromatic N) is 1. The molecule has 0 bridgehead atoms. The molecule has 0 aliphatic heterocycles. The molecule has 1 aliphatic carbocycles. The summed E-state index contributed by atoms with van der Waals surface area (Å²) in [4.78, 5) is 13.2. The van der Waals surface area contributed by atoms with Crippen molar-refractivity contribution in [2.75, 3.05) is 0 Å². The molecule has 0 saturated carbocycles. The van der Waals surface area contributed by atoms with E-state index in [0.29, 0.717) is 0 Å². The molecule has 3 N–H and O–H groups in total.